The highest BCUT2D eigenvalue weighted by Gasteiger charge is 2.32. The molecular weight excluding hydrogens is 240 g/mol. The quantitative estimate of drug-likeness (QED) is 0.896. The van der Waals surface area contributed by atoms with Crippen molar-refractivity contribution in [3.05, 3.63) is 34.9 Å². The smallest absolute Gasteiger partial charge is 0.410 e. The minimum Gasteiger partial charge on any atom is -0.439 e. The number of nitrogens with two attached hydrogens (primary N) is 1. The van der Waals surface area contributed by atoms with Crippen LogP contribution < -0.4 is 5.73 Å². The van der Waals surface area contributed by atoms with Gasteiger partial charge in [-0.25, -0.2) is 4.79 Å². The van der Waals surface area contributed by atoms with Crippen LogP contribution >= 0.6 is 11.6 Å². The molecule has 4 nitrogen and oxygen atoms in total. The van der Waals surface area contributed by atoms with Gasteiger partial charge >= 0.3 is 6.09 Å². The highest BCUT2D eigenvalue weighted by molar-refractivity contribution is 6.31. The summed E-state index contributed by atoms with van der Waals surface area (Å²) in [5.74, 6) is 0. The van der Waals surface area contributed by atoms with Crippen LogP contribution in [0.25, 0.3) is 0 Å². The van der Waals surface area contributed by atoms with Crippen LogP contribution in [-0.2, 0) is 4.74 Å². The Bertz CT molecular complexity index is 411. The largest absolute Gasteiger partial charge is 0.439 e. The lowest BCUT2D eigenvalue weighted by atomic mass is 10.1. The number of amides is 1. The van der Waals surface area contributed by atoms with Crippen molar-refractivity contribution in [2.45, 2.75) is 12.5 Å². The number of ether oxygens (including phenoxy) is 1. The number of halogens is 1. The van der Waals surface area contributed by atoms with Gasteiger partial charge in [0.15, 0.2) is 0 Å². The van der Waals surface area contributed by atoms with Crippen LogP contribution in [0.1, 0.15) is 18.1 Å². The van der Waals surface area contributed by atoms with Gasteiger partial charge in [-0.2, -0.15) is 0 Å². The molecule has 1 heterocycles. The van der Waals surface area contributed by atoms with E-state index in [9.17, 15) is 4.79 Å². The van der Waals surface area contributed by atoms with E-state index in [1.54, 1.807) is 11.0 Å². The molecule has 2 N–H and O–H groups in total. The topological polar surface area (TPSA) is 55.6 Å². The molecule has 17 heavy (non-hydrogen) atoms. The molecule has 0 aromatic heterocycles. The SMILES string of the molecule is NCCCN1CC(c2ccccc2Cl)OC1=O. The molecule has 1 aliphatic rings. The van der Waals surface area contributed by atoms with E-state index in [1.165, 1.54) is 0 Å². The van der Waals surface area contributed by atoms with E-state index in [4.69, 9.17) is 22.1 Å². The highest BCUT2D eigenvalue weighted by atomic mass is 35.5. The zero-order valence-corrected chi connectivity index (χ0v) is 10.2. The zero-order valence-electron chi connectivity index (χ0n) is 9.43. The summed E-state index contributed by atoms with van der Waals surface area (Å²) >= 11 is 6.07. The first kappa shape index (κ1) is 12.2. The Balaban J connectivity index is 2.06. The van der Waals surface area contributed by atoms with Crippen LogP contribution in [0.15, 0.2) is 24.3 Å². The van der Waals surface area contributed by atoms with Gasteiger partial charge in [-0.05, 0) is 19.0 Å². The highest BCUT2D eigenvalue weighted by Crippen LogP contribution is 2.30. The maximum absolute atomic E-state index is 11.6. The Hall–Kier alpha value is -1.26. The maximum Gasteiger partial charge on any atom is 0.410 e. The molecule has 0 aliphatic carbocycles. The van der Waals surface area contributed by atoms with Gasteiger partial charge in [-0.3, -0.25) is 0 Å². The lowest BCUT2D eigenvalue weighted by Crippen LogP contribution is -2.27. The number of benzene rings is 1. The zero-order chi connectivity index (χ0) is 12.3. The molecule has 1 atom stereocenters. The second-order valence-electron chi connectivity index (χ2n) is 3.98. The third kappa shape index (κ3) is 2.70. The van der Waals surface area contributed by atoms with Crippen molar-refractivity contribution in [1.82, 2.24) is 4.90 Å². The van der Waals surface area contributed by atoms with E-state index >= 15 is 0 Å². The first-order chi connectivity index (χ1) is 8.22. The van der Waals surface area contributed by atoms with Gasteiger partial charge in [0.2, 0.25) is 0 Å². The van der Waals surface area contributed by atoms with Crippen LogP contribution in [-0.4, -0.2) is 30.6 Å². The molecule has 0 saturated carbocycles. The fraction of sp³-hybridized carbons (Fsp3) is 0.417. The average Bonchev–Trinajstić information content (AvgIpc) is 2.68. The molecule has 1 aromatic rings. The second-order valence-corrected chi connectivity index (χ2v) is 4.39. The summed E-state index contributed by atoms with van der Waals surface area (Å²) in [5, 5.41) is 0.631. The summed E-state index contributed by atoms with van der Waals surface area (Å²) in [7, 11) is 0. The molecule has 1 aromatic carbocycles. The standard InChI is InChI=1S/C12H15ClN2O2/c13-10-5-2-1-4-9(10)11-8-15(7-3-6-14)12(16)17-11/h1-2,4-5,11H,3,6-8,14H2. The number of hydrogen-bond donors (Lipinski definition) is 1. The molecule has 1 amide bonds. The Morgan fingerprint density at radius 2 is 2.24 bits per heavy atom. The van der Waals surface area contributed by atoms with E-state index in [-0.39, 0.29) is 12.2 Å². The normalized spacial score (nSPS) is 19.5. The summed E-state index contributed by atoms with van der Waals surface area (Å²) in [5.41, 5.74) is 6.28. The number of carbonyl (C=O) groups is 1. The van der Waals surface area contributed by atoms with Gasteiger partial charge in [0.05, 0.1) is 6.54 Å². The Labute approximate surface area is 105 Å². The van der Waals surface area contributed by atoms with Crippen molar-refractivity contribution in [2.75, 3.05) is 19.6 Å². The van der Waals surface area contributed by atoms with Gasteiger partial charge < -0.3 is 15.4 Å². The second kappa shape index (κ2) is 5.38. The molecule has 1 unspecified atom stereocenters. The van der Waals surface area contributed by atoms with E-state index in [1.807, 2.05) is 18.2 Å². The van der Waals surface area contributed by atoms with E-state index in [0.717, 1.165) is 12.0 Å². The molecule has 0 bridgehead atoms. The van der Waals surface area contributed by atoms with Gasteiger partial charge in [0, 0.05) is 17.1 Å². The summed E-state index contributed by atoms with van der Waals surface area (Å²) < 4.78 is 5.30. The predicted octanol–water partition coefficient (Wildman–Crippen LogP) is 2.18. The number of rotatable bonds is 4. The fourth-order valence-corrected chi connectivity index (χ4v) is 2.13. The van der Waals surface area contributed by atoms with E-state index < -0.39 is 0 Å². The van der Waals surface area contributed by atoms with Crippen molar-refractivity contribution >= 4 is 17.7 Å². The maximum atomic E-state index is 11.6. The van der Waals surface area contributed by atoms with Crippen molar-refractivity contribution in [3.63, 3.8) is 0 Å². The first-order valence-corrected chi connectivity index (χ1v) is 6.00. The number of nitrogens with zero attached hydrogens (tertiary/aromatic N) is 1. The van der Waals surface area contributed by atoms with Crippen LogP contribution in [0, 0.1) is 0 Å². The third-order valence-corrected chi connectivity index (χ3v) is 3.12. The van der Waals surface area contributed by atoms with Gasteiger partial charge in [-0.1, -0.05) is 29.8 Å². The lowest BCUT2D eigenvalue weighted by molar-refractivity contribution is 0.133. The minimum absolute atomic E-state index is 0.269. The molecule has 2 rings (SSSR count). The number of carbonyl (C=O) groups excluding carboxylic acids is 1. The molecule has 1 aliphatic heterocycles. The molecular formula is C12H15ClN2O2. The predicted molar refractivity (Wildman–Crippen MR) is 65.9 cm³/mol. The molecule has 0 radical (unpaired) electrons. The molecule has 5 heteroatoms. The summed E-state index contributed by atoms with van der Waals surface area (Å²) in [4.78, 5) is 13.3. The Kier molecular flexibility index (Phi) is 3.86. The van der Waals surface area contributed by atoms with Gasteiger partial charge in [0.25, 0.3) is 0 Å². The van der Waals surface area contributed by atoms with Crippen molar-refractivity contribution in [1.29, 1.82) is 0 Å². The Morgan fingerprint density at radius 1 is 1.47 bits per heavy atom. The van der Waals surface area contributed by atoms with Gasteiger partial charge in [-0.15, -0.1) is 0 Å². The third-order valence-electron chi connectivity index (χ3n) is 2.77. The molecule has 1 fully saturated rings. The first-order valence-electron chi connectivity index (χ1n) is 5.62. The van der Waals surface area contributed by atoms with E-state index in [0.29, 0.717) is 24.7 Å². The summed E-state index contributed by atoms with van der Waals surface area (Å²) in [6.45, 7) is 1.75. The van der Waals surface area contributed by atoms with Gasteiger partial charge in [0.1, 0.15) is 6.10 Å². The van der Waals surface area contributed by atoms with Crippen LogP contribution in [0.2, 0.25) is 5.02 Å². The lowest BCUT2D eigenvalue weighted by Gasteiger charge is -2.12. The molecule has 1 saturated heterocycles. The van der Waals surface area contributed by atoms with Crippen LogP contribution in [0.3, 0.4) is 0 Å². The van der Waals surface area contributed by atoms with E-state index in [2.05, 4.69) is 0 Å². The van der Waals surface area contributed by atoms with Crippen molar-refractivity contribution < 1.29 is 9.53 Å². The van der Waals surface area contributed by atoms with Crippen LogP contribution in [0.5, 0.6) is 0 Å². The number of hydrogen-bond acceptors (Lipinski definition) is 3. The minimum atomic E-state index is -0.289. The van der Waals surface area contributed by atoms with Crippen molar-refractivity contribution in [3.8, 4) is 0 Å². The Morgan fingerprint density at radius 3 is 2.94 bits per heavy atom. The fourth-order valence-electron chi connectivity index (χ4n) is 1.87. The monoisotopic (exact) mass is 254 g/mol. The average molecular weight is 255 g/mol. The molecule has 0 spiro atoms. The molecule has 92 valence electrons. The summed E-state index contributed by atoms with van der Waals surface area (Å²) in [6, 6.07) is 7.42. The summed E-state index contributed by atoms with van der Waals surface area (Å²) in [6.07, 6.45) is 0.224. The number of cyclic esters (lactones) is 1. The van der Waals surface area contributed by atoms with Crippen LogP contribution in [0.4, 0.5) is 4.79 Å². The van der Waals surface area contributed by atoms with Crippen molar-refractivity contribution in [2.24, 2.45) is 5.73 Å².